The van der Waals surface area contributed by atoms with Crippen molar-refractivity contribution in [3.8, 4) is 0 Å². The van der Waals surface area contributed by atoms with Crippen molar-refractivity contribution in [3.05, 3.63) is 39.5 Å². The van der Waals surface area contributed by atoms with Crippen LogP contribution >= 0.6 is 11.6 Å². The first-order valence-electron chi connectivity index (χ1n) is 6.64. The first kappa shape index (κ1) is 13.1. The Kier molecular flexibility index (Phi) is 3.44. The average molecular weight is 292 g/mol. The number of piperidine rings is 1. The Morgan fingerprint density at radius 1 is 1.25 bits per heavy atom. The third kappa shape index (κ3) is 2.29. The van der Waals surface area contributed by atoms with Crippen molar-refractivity contribution in [1.82, 2.24) is 4.98 Å². The summed E-state index contributed by atoms with van der Waals surface area (Å²) >= 11 is 6.15. The van der Waals surface area contributed by atoms with Gasteiger partial charge in [0.1, 0.15) is 11.2 Å². The zero-order valence-corrected chi connectivity index (χ0v) is 11.6. The van der Waals surface area contributed by atoms with E-state index in [1.807, 2.05) is 18.2 Å². The molecular formula is C14H14ClN3O2. The minimum absolute atomic E-state index is 0.144. The molecule has 0 unspecified atom stereocenters. The van der Waals surface area contributed by atoms with Crippen LogP contribution < -0.4 is 4.90 Å². The molecule has 1 aromatic carbocycles. The van der Waals surface area contributed by atoms with E-state index in [0.717, 1.165) is 18.8 Å². The Hall–Kier alpha value is -1.88. The summed E-state index contributed by atoms with van der Waals surface area (Å²) in [5, 5.41) is 11.7. The highest BCUT2D eigenvalue weighted by molar-refractivity contribution is 6.37. The first-order valence-corrected chi connectivity index (χ1v) is 7.02. The average Bonchev–Trinajstić information content (AvgIpc) is 2.48. The Balaban J connectivity index is 2.08. The number of hydrogen-bond donors (Lipinski definition) is 0. The molecule has 1 saturated heterocycles. The number of fused-ring (bicyclic) bond motifs is 1. The highest BCUT2D eigenvalue weighted by atomic mass is 35.5. The standard InChI is InChI=1S/C14H14ClN3O2/c15-14-11-8-10(17-6-2-1-3-7-17)4-5-12(11)16-9-13(14)18(19)20/h4-5,8-9H,1-3,6-7H2. The van der Waals surface area contributed by atoms with Crippen molar-refractivity contribution in [2.75, 3.05) is 18.0 Å². The minimum atomic E-state index is -0.498. The molecule has 1 aliphatic heterocycles. The molecule has 0 atom stereocenters. The molecule has 0 radical (unpaired) electrons. The fraction of sp³-hybridized carbons (Fsp3) is 0.357. The van der Waals surface area contributed by atoms with E-state index in [-0.39, 0.29) is 10.7 Å². The SMILES string of the molecule is O=[N+]([O-])c1cnc2ccc(N3CCCCC3)cc2c1Cl. The topological polar surface area (TPSA) is 59.3 Å². The van der Waals surface area contributed by atoms with Gasteiger partial charge in [0.2, 0.25) is 0 Å². The number of aromatic nitrogens is 1. The number of pyridine rings is 1. The van der Waals surface area contributed by atoms with Gasteiger partial charge in [-0.15, -0.1) is 0 Å². The predicted octanol–water partition coefficient (Wildman–Crippen LogP) is 3.79. The lowest BCUT2D eigenvalue weighted by Crippen LogP contribution is -2.29. The van der Waals surface area contributed by atoms with E-state index in [4.69, 9.17) is 11.6 Å². The largest absolute Gasteiger partial charge is 0.372 e. The van der Waals surface area contributed by atoms with Crippen LogP contribution in [-0.2, 0) is 0 Å². The van der Waals surface area contributed by atoms with Gasteiger partial charge in [0.15, 0.2) is 0 Å². The van der Waals surface area contributed by atoms with Crippen LogP contribution in [0.3, 0.4) is 0 Å². The maximum Gasteiger partial charge on any atom is 0.306 e. The molecule has 6 heteroatoms. The Morgan fingerprint density at radius 2 is 2.00 bits per heavy atom. The lowest BCUT2D eigenvalue weighted by molar-refractivity contribution is -0.384. The number of nitro groups is 1. The van der Waals surface area contributed by atoms with Crippen LogP contribution in [0.2, 0.25) is 5.02 Å². The second-order valence-electron chi connectivity index (χ2n) is 4.96. The van der Waals surface area contributed by atoms with Gasteiger partial charge in [-0.3, -0.25) is 10.1 Å². The Bertz CT molecular complexity index is 669. The van der Waals surface area contributed by atoms with Gasteiger partial charge in [-0.1, -0.05) is 11.6 Å². The lowest BCUT2D eigenvalue weighted by Gasteiger charge is -2.29. The van der Waals surface area contributed by atoms with Gasteiger partial charge < -0.3 is 4.90 Å². The van der Waals surface area contributed by atoms with Crippen molar-refractivity contribution < 1.29 is 4.92 Å². The van der Waals surface area contributed by atoms with Crippen molar-refractivity contribution >= 4 is 33.9 Å². The number of anilines is 1. The molecule has 0 saturated carbocycles. The molecule has 20 heavy (non-hydrogen) atoms. The van der Waals surface area contributed by atoms with Crippen molar-refractivity contribution in [3.63, 3.8) is 0 Å². The monoisotopic (exact) mass is 291 g/mol. The normalized spacial score (nSPS) is 15.6. The summed E-state index contributed by atoms with van der Waals surface area (Å²) in [5.74, 6) is 0. The Labute approximate surface area is 121 Å². The highest BCUT2D eigenvalue weighted by Crippen LogP contribution is 2.33. The van der Waals surface area contributed by atoms with Gasteiger partial charge in [0.05, 0.1) is 10.4 Å². The van der Waals surface area contributed by atoms with E-state index in [1.54, 1.807) is 0 Å². The smallest absolute Gasteiger partial charge is 0.306 e. The van der Waals surface area contributed by atoms with E-state index < -0.39 is 4.92 Å². The molecule has 0 aliphatic carbocycles. The number of rotatable bonds is 2. The van der Waals surface area contributed by atoms with Crippen LogP contribution in [-0.4, -0.2) is 23.0 Å². The second-order valence-corrected chi connectivity index (χ2v) is 5.34. The summed E-state index contributed by atoms with van der Waals surface area (Å²) in [6, 6.07) is 5.78. The van der Waals surface area contributed by atoms with Gasteiger partial charge in [-0.2, -0.15) is 0 Å². The van der Waals surface area contributed by atoms with Gasteiger partial charge in [0.25, 0.3) is 0 Å². The maximum absolute atomic E-state index is 10.9. The highest BCUT2D eigenvalue weighted by Gasteiger charge is 2.18. The van der Waals surface area contributed by atoms with Crippen LogP contribution in [0.4, 0.5) is 11.4 Å². The summed E-state index contributed by atoms with van der Waals surface area (Å²) in [4.78, 5) is 16.8. The summed E-state index contributed by atoms with van der Waals surface area (Å²) in [6.45, 7) is 2.04. The molecule has 2 heterocycles. The van der Waals surface area contributed by atoms with Gasteiger partial charge in [-0.05, 0) is 37.5 Å². The second kappa shape index (κ2) is 5.25. The molecule has 0 bridgehead atoms. The molecule has 0 spiro atoms. The molecule has 0 N–H and O–H groups in total. The van der Waals surface area contributed by atoms with Crippen molar-refractivity contribution in [2.24, 2.45) is 0 Å². The number of benzene rings is 1. The quantitative estimate of drug-likeness (QED) is 0.624. The fourth-order valence-corrected chi connectivity index (χ4v) is 2.88. The molecule has 3 rings (SSSR count). The molecule has 5 nitrogen and oxygen atoms in total. The van der Waals surface area contributed by atoms with Crippen molar-refractivity contribution in [2.45, 2.75) is 19.3 Å². The summed E-state index contributed by atoms with van der Waals surface area (Å²) in [7, 11) is 0. The van der Waals surface area contributed by atoms with Crippen LogP contribution in [0, 0.1) is 10.1 Å². The first-order chi connectivity index (χ1) is 9.66. The molecule has 0 amide bonds. The van der Waals surface area contributed by atoms with Gasteiger partial charge >= 0.3 is 5.69 Å². The molecule has 1 aliphatic rings. The summed E-state index contributed by atoms with van der Waals surface area (Å²) in [5.41, 5.74) is 1.60. The third-order valence-corrected chi connectivity index (χ3v) is 4.08. The zero-order valence-electron chi connectivity index (χ0n) is 10.9. The maximum atomic E-state index is 10.9. The molecule has 2 aromatic rings. The zero-order chi connectivity index (χ0) is 14.1. The molecule has 104 valence electrons. The van der Waals surface area contributed by atoms with E-state index in [2.05, 4.69) is 9.88 Å². The van der Waals surface area contributed by atoms with Gasteiger partial charge in [0, 0.05) is 24.2 Å². The van der Waals surface area contributed by atoms with Crippen LogP contribution in [0.15, 0.2) is 24.4 Å². The molecular weight excluding hydrogens is 278 g/mol. The minimum Gasteiger partial charge on any atom is -0.372 e. The fourth-order valence-electron chi connectivity index (χ4n) is 2.61. The number of hydrogen-bond acceptors (Lipinski definition) is 4. The Morgan fingerprint density at radius 3 is 2.70 bits per heavy atom. The number of nitrogens with zero attached hydrogens (tertiary/aromatic N) is 3. The van der Waals surface area contributed by atoms with Crippen molar-refractivity contribution in [1.29, 1.82) is 0 Å². The summed E-state index contributed by atoms with van der Waals surface area (Å²) < 4.78 is 0. The van der Waals surface area contributed by atoms with E-state index >= 15 is 0 Å². The summed E-state index contributed by atoms with van der Waals surface area (Å²) in [6.07, 6.45) is 4.83. The molecule has 1 aromatic heterocycles. The van der Waals surface area contributed by atoms with Crippen LogP contribution in [0.25, 0.3) is 10.9 Å². The molecule has 1 fully saturated rings. The lowest BCUT2D eigenvalue weighted by atomic mass is 10.1. The number of halogens is 1. The van der Waals surface area contributed by atoms with Crippen LogP contribution in [0.1, 0.15) is 19.3 Å². The van der Waals surface area contributed by atoms with E-state index in [1.165, 1.54) is 25.5 Å². The van der Waals surface area contributed by atoms with E-state index in [0.29, 0.717) is 10.9 Å². The van der Waals surface area contributed by atoms with Crippen LogP contribution in [0.5, 0.6) is 0 Å². The third-order valence-electron chi connectivity index (χ3n) is 3.69. The predicted molar refractivity (Wildman–Crippen MR) is 79.5 cm³/mol. The van der Waals surface area contributed by atoms with Gasteiger partial charge in [-0.25, -0.2) is 4.98 Å². The van der Waals surface area contributed by atoms with E-state index in [9.17, 15) is 10.1 Å².